The largest absolute Gasteiger partial charge is 0.416 e. The van der Waals surface area contributed by atoms with E-state index < -0.39 is 17.8 Å². The van der Waals surface area contributed by atoms with Gasteiger partial charge in [0.05, 0.1) is 5.56 Å². The zero-order valence-corrected chi connectivity index (χ0v) is 13.9. The highest BCUT2D eigenvalue weighted by atomic mass is 32.1. The summed E-state index contributed by atoms with van der Waals surface area (Å²) in [6.07, 6.45) is -4.38. The number of nitrogens with zero attached hydrogens (tertiary/aromatic N) is 3. The minimum atomic E-state index is -4.38. The Bertz CT molecular complexity index is 786. The van der Waals surface area contributed by atoms with Crippen LogP contribution in [0.2, 0.25) is 0 Å². The van der Waals surface area contributed by atoms with Crippen LogP contribution in [0.1, 0.15) is 16.1 Å². The number of benzene rings is 1. The van der Waals surface area contributed by atoms with Crippen molar-refractivity contribution in [2.24, 2.45) is 4.99 Å². The first kappa shape index (κ1) is 17.3. The van der Waals surface area contributed by atoms with Gasteiger partial charge < -0.3 is 4.90 Å². The van der Waals surface area contributed by atoms with Crippen molar-refractivity contribution in [3.05, 3.63) is 45.2 Å². The van der Waals surface area contributed by atoms with Crippen LogP contribution in [-0.2, 0) is 6.18 Å². The molecule has 2 aromatic rings. The lowest BCUT2D eigenvalue weighted by molar-refractivity contribution is -0.137. The molecule has 0 aliphatic rings. The number of amides is 2. The van der Waals surface area contributed by atoms with Gasteiger partial charge in [-0.25, -0.2) is 4.79 Å². The summed E-state index contributed by atoms with van der Waals surface area (Å²) < 4.78 is 39.7. The maximum absolute atomic E-state index is 12.7. The number of hydrogen-bond donors (Lipinski definition) is 0. The van der Waals surface area contributed by atoms with E-state index in [9.17, 15) is 18.0 Å². The van der Waals surface area contributed by atoms with Crippen molar-refractivity contribution in [3.8, 4) is 5.69 Å². The van der Waals surface area contributed by atoms with Crippen LogP contribution in [0.15, 0.2) is 29.3 Å². The van der Waals surface area contributed by atoms with Crippen molar-refractivity contribution < 1.29 is 18.0 Å². The lowest BCUT2D eigenvalue weighted by Crippen LogP contribution is -2.23. The average Bonchev–Trinajstić information content (AvgIpc) is 2.73. The van der Waals surface area contributed by atoms with Gasteiger partial charge >= 0.3 is 12.2 Å². The topological polar surface area (TPSA) is 37.6 Å². The van der Waals surface area contributed by atoms with Crippen LogP contribution >= 0.6 is 11.3 Å². The second kappa shape index (κ2) is 6.19. The predicted octanol–water partition coefficient (Wildman–Crippen LogP) is 3.76. The van der Waals surface area contributed by atoms with Gasteiger partial charge in [-0.05, 0) is 38.1 Å². The molecule has 0 unspecified atom stereocenters. The van der Waals surface area contributed by atoms with Gasteiger partial charge in [0.15, 0.2) is 4.80 Å². The number of carbonyl (C=O) groups is 1. The van der Waals surface area contributed by atoms with Crippen molar-refractivity contribution in [1.29, 1.82) is 0 Å². The first-order valence-electron chi connectivity index (χ1n) is 6.74. The highest BCUT2D eigenvalue weighted by Crippen LogP contribution is 2.29. The highest BCUT2D eigenvalue weighted by molar-refractivity contribution is 7.09. The Balaban J connectivity index is 2.58. The second-order valence-electron chi connectivity index (χ2n) is 5.20. The molecule has 2 rings (SSSR count). The smallest absolute Gasteiger partial charge is 0.329 e. The average molecular weight is 343 g/mol. The number of aromatic nitrogens is 1. The minimum Gasteiger partial charge on any atom is -0.329 e. The molecule has 23 heavy (non-hydrogen) atoms. The van der Waals surface area contributed by atoms with Crippen molar-refractivity contribution >= 4 is 17.4 Å². The molecule has 0 saturated heterocycles. The third-order valence-corrected chi connectivity index (χ3v) is 4.37. The lowest BCUT2D eigenvalue weighted by atomic mass is 10.2. The van der Waals surface area contributed by atoms with Crippen molar-refractivity contribution in [2.45, 2.75) is 20.0 Å². The number of urea groups is 1. The number of halogens is 3. The summed E-state index contributed by atoms with van der Waals surface area (Å²) in [6, 6.07) is 4.37. The molecule has 8 heteroatoms. The fourth-order valence-electron chi connectivity index (χ4n) is 1.92. The van der Waals surface area contributed by atoms with E-state index in [-0.39, 0.29) is 0 Å². The fraction of sp³-hybridized carbons (Fsp3) is 0.333. The molecule has 124 valence electrons. The minimum absolute atomic E-state index is 0.424. The van der Waals surface area contributed by atoms with Crippen LogP contribution in [0.25, 0.3) is 5.69 Å². The monoisotopic (exact) mass is 343 g/mol. The molecule has 0 spiro atoms. The predicted molar refractivity (Wildman–Crippen MR) is 82.8 cm³/mol. The number of aryl methyl sites for hydroxylation is 1. The van der Waals surface area contributed by atoms with Gasteiger partial charge in [-0.15, -0.1) is 11.3 Å². The van der Waals surface area contributed by atoms with E-state index in [1.165, 1.54) is 28.4 Å². The summed E-state index contributed by atoms with van der Waals surface area (Å²) in [7, 11) is 3.17. The molecule has 0 saturated carbocycles. The Morgan fingerprint density at radius 2 is 1.74 bits per heavy atom. The Morgan fingerprint density at radius 1 is 1.17 bits per heavy atom. The summed E-state index contributed by atoms with van der Waals surface area (Å²) in [5, 5.41) is 0. The third kappa shape index (κ3) is 3.64. The molecule has 1 heterocycles. The Labute approximate surface area is 135 Å². The summed E-state index contributed by atoms with van der Waals surface area (Å²) in [5.74, 6) is 0. The van der Waals surface area contributed by atoms with Crippen LogP contribution in [-0.4, -0.2) is 29.6 Å². The molecule has 1 aromatic carbocycles. The quantitative estimate of drug-likeness (QED) is 0.777. The van der Waals surface area contributed by atoms with Gasteiger partial charge in [0.2, 0.25) is 0 Å². The van der Waals surface area contributed by atoms with Crippen LogP contribution in [0.3, 0.4) is 0 Å². The normalized spacial score (nSPS) is 12.6. The fourth-order valence-corrected chi connectivity index (χ4v) is 2.89. The molecular weight excluding hydrogens is 327 g/mol. The van der Waals surface area contributed by atoms with Gasteiger partial charge in [0.1, 0.15) is 0 Å². The molecule has 0 bridgehead atoms. The third-order valence-electron chi connectivity index (χ3n) is 3.31. The van der Waals surface area contributed by atoms with Crippen LogP contribution in [0.4, 0.5) is 18.0 Å². The van der Waals surface area contributed by atoms with E-state index in [1.807, 2.05) is 13.8 Å². The summed E-state index contributed by atoms with van der Waals surface area (Å²) in [4.78, 5) is 18.5. The molecule has 1 aromatic heterocycles. The number of carbonyl (C=O) groups excluding carboxylic acids is 1. The van der Waals surface area contributed by atoms with Gasteiger partial charge in [-0.2, -0.15) is 18.2 Å². The van der Waals surface area contributed by atoms with Crippen molar-refractivity contribution in [1.82, 2.24) is 9.47 Å². The van der Waals surface area contributed by atoms with Crippen LogP contribution in [0.5, 0.6) is 0 Å². The number of hydrogen-bond acceptors (Lipinski definition) is 2. The molecule has 0 N–H and O–H groups in total. The van der Waals surface area contributed by atoms with Crippen LogP contribution in [0, 0.1) is 13.8 Å². The van der Waals surface area contributed by atoms with Crippen molar-refractivity contribution in [2.75, 3.05) is 14.1 Å². The number of thiazole rings is 1. The summed E-state index contributed by atoms with van der Waals surface area (Å²) >= 11 is 1.32. The van der Waals surface area contributed by atoms with Crippen molar-refractivity contribution in [3.63, 3.8) is 0 Å². The van der Waals surface area contributed by atoms with Crippen LogP contribution < -0.4 is 4.80 Å². The standard InChI is InChI=1S/C15H16F3N3OS/c1-9-10(2)23-14(19-13(22)20(3)4)21(9)12-7-5-11(6-8-12)15(16,17)18/h5-8H,1-4H3/b19-14-. The van der Waals surface area contributed by atoms with E-state index in [2.05, 4.69) is 4.99 Å². The van der Waals surface area contributed by atoms with E-state index >= 15 is 0 Å². The maximum Gasteiger partial charge on any atom is 0.416 e. The zero-order chi connectivity index (χ0) is 17.4. The molecular formula is C15H16F3N3OS. The van der Waals surface area contributed by atoms with E-state index in [1.54, 1.807) is 18.7 Å². The number of alkyl halides is 3. The van der Waals surface area contributed by atoms with E-state index in [4.69, 9.17) is 0 Å². The zero-order valence-electron chi connectivity index (χ0n) is 13.1. The van der Waals surface area contributed by atoms with Gasteiger partial charge in [0, 0.05) is 30.4 Å². The molecule has 0 radical (unpaired) electrons. The molecule has 0 aliphatic heterocycles. The molecule has 2 amide bonds. The van der Waals surface area contributed by atoms with E-state index in [0.29, 0.717) is 10.5 Å². The highest BCUT2D eigenvalue weighted by Gasteiger charge is 2.30. The molecule has 0 atom stereocenters. The summed E-state index contributed by atoms with van der Waals surface area (Å²) in [6.45, 7) is 3.71. The summed E-state index contributed by atoms with van der Waals surface area (Å²) in [5.41, 5.74) is 0.652. The second-order valence-corrected chi connectivity index (χ2v) is 6.38. The maximum atomic E-state index is 12.7. The molecule has 4 nitrogen and oxygen atoms in total. The molecule has 0 aliphatic carbocycles. The first-order chi connectivity index (χ1) is 10.6. The Kier molecular flexibility index (Phi) is 4.65. The first-order valence-corrected chi connectivity index (χ1v) is 7.55. The lowest BCUT2D eigenvalue weighted by Gasteiger charge is -2.10. The van der Waals surface area contributed by atoms with Gasteiger partial charge in [-0.1, -0.05) is 0 Å². The van der Waals surface area contributed by atoms with Gasteiger partial charge in [-0.3, -0.25) is 4.57 Å². The Morgan fingerprint density at radius 3 is 2.22 bits per heavy atom. The SMILES string of the molecule is Cc1s/c(=N\C(=O)N(C)C)n(-c2ccc(C(F)(F)F)cc2)c1C. The van der Waals surface area contributed by atoms with E-state index in [0.717, 1.165) is 22.7 Å². The number of rotatable bonds is 1. The molecule has 0 fully saturated rings. The Hall–Kier alpha value is -2.09. The van der Waals surface area contributed by atoms with Gasteiger partial charge in [0.25, 0.3) is 0 Å².